The SMILES string of the molecule is CCN1CCN([C@H](c2cccs2)[C@@H](C)NC(=O)c2ccncc2)CC1. The highest BCUT2D eigenvalue weighted by Gasteiger charge is 2.30. The van der Waals surface area contributed by atoms with Crippen molar-refractivity contribution in [1.82, 2.24) is 20.1 Å². The van der Waals surface area contributed by atoms with Gasteiger partial charge in [-0.2, -0.15) is 0 Å². The van der Waals surface area contributed by atoms with Crippen LogP contribution in [0, 0.1) is 0 Å². The molecule has 1 amide bonds. The number of hydrogen-bond donors (Lipinski definition) is 1. The zero-order valence-electron chi connectivity index (χ0n) is 14.9. The van der Waals surface area contributed by atoms with Crippen LogP contribution >= 0.6 is 11.3 Å². The van der Waals surface area contributed by atoms with Gasteiger partial charge >= 0.3 is 0 Å². The number of piperazine rings is 1. The molecule has 2 aromatic heterocycles. The van der Waals surface area contributed by atoms with Gasteiger partial charge in [-0.05, 0) is 37.0 Å². The smallest absolute Gasteiger partial charge is 0.251 e. The molecule has 0 saturated carbocycles. The molecular formula is C19H26N4OS. The van der Waals surface area contributed by atoms with Crippen LogP contribution < -0.4 is 5.32 Å². The number of pyridine rings is 1. The summed E-state index contributed by atoms with van der Waals surface area (Å²) in [6.07, 6.45) is 3.31. The van der Waals surface area contributed by atoms with Crippen molar-refractivity contribution in [1.29, 1.82) is 0 Å². The number of nitrogens with zero attached hydrogens (tertiary/aromatic N) is 3. The van der Waals surface area contributed by atoms with Gasteiger partial charge in [-0.25, -0.2) is 0 Å². The van der Waals surface area contributed by atoms with Crippen LogP contribution in [0.15, 0.2) is 42.0 Å². The summed E-state index contributed by atoms with van der Waals surface area (Å²) in [5.74, 6) is -0.0383. The van der Waals surface area contributed by atoms with Crippen molar-refractivity contribution in [3.63, 3.8) is 0 Å². The Hall–Kier alpha value is -1.76. The number of likely N-dealkylation sites (N-methyl/N-ethyl adjacent to an activating group) is 1. The molecule has 134 valence electrons. The van der Waals surface area contributed by atoms with Crippen LogP contribution in [0.25, 0.3) is 0 Å². The minimum absolute atomic E-state index is 0.0347. The fourth-order valence-corrected chi connectivity index (χ4v) is 4.40. The van der Waals surface area contributed by atoms with Crippen molar-refractivity contribution in [3.05, 3.63) is 52.5 Å². The van der Waals surface area contributed by atoms with E-state index in [-0.39, 0.29) is 18.0 Å². The molecule has 3 rings (SSSR count). The average molecular weight is 359 g/mol. The normalized spacial score (nSPS) is 18.6. The van der Waals surface area contributed by atoms with Gasteiger partial charge in [-0.1, -0.05) is 13.0 Å². The fraction of sp³-hybridized carbons (Fsp3) is 0.474. The summed E-state index contributed by atoms with van der Waals surface area (Å²) in [6, 6.07) is 8.02. The van der Waals surface area contributed by atoms with Gasteiger partial charge in [0.2, 0.25) is 0 Å². The first-order valence-corrected chi connectivity index (χ1v) is 9.77. The van der Waals surface area contributed by atoms with Crippen molar-refractivity contribution >= 4 is 17.2 Å². The highest BCUT2D eigenvalue weighted by molar-refractivity contribution is 7.10. The van der Waals surface area contributed by atoms with Crippen LogP contribution in [0.3, 0.4) is 0 Å². The molecule has 5 nitrogen and oxygen atoms in total. The lowest BCUT2D eigenvalue weighted by molar-refractivity contribution is 0.0753. The van der Waals surface area contributed by atoms with E-state index < -0.39 is 0 Å². The van der Waals surface area contributed by atoms with E-state index in [4.69, 9.17) is 0 Å². The van der Waals surface area contributed by atoms with E-state index in [0.29, 0.717) is 5.56 Å². The Bertz CT molecular complexity index is 653. The number of carbonyl (C=O) groups is 1. The van der Waals surface area contributed by atoms with E-state index in [1.54, 1.807) is 35.9 Å². The maximum absolute atomic E-state index is 12.5. The van der Waals surface area contributed by atoms with Crippen LogP contribution in [0.2, 0.25) is 0 Å². The van der Waals surface area contributed by atoms with Crippen molar-refractivity contribution in [3.8, 4) is 0 Å². The minimum Gasteiger partial charge on any atom is -0.348 e. The van der Waals surface area contributed by atoms with E-state index in [0.717, 1.165) is 32.7 Å². The molecule has 0 bridgehead atoms. The topological polar surface area (TPSA) is 48.5 Å². The molecular weight excluding hydrogens is 332 g/mol. The number of carbonyl (C=O) groups excluding carboxylic acids is 1. The minimum atomic E-state index is -0.0383. The first-order chi connectivity index (χ1) is 12.2. The molecule has 1 aliphatic rings. The van der Waals surface area contributed by atoms with Gasteiger partial charge < -0.3 is 10.2 Å². The molecule has 25 heavy (non-hydrogen) atoms. The van der Waals surface area contributed by atoms with Crippen LogP contribution in [0.1, 0.15) is 35.1 Å². The van der Waals surface area contributed by atoms with Gasteiger partial charge in [0.05, 0.1) is 6.04 Å². The molecule has 0 radical (unpaired) electrons. The second-order valence-corrected chi connectivity index (χ2v) is 7.41. The monoisotopic (exact) mass is 358 g/mol. The molecule has 0 spiro atoms. The average Bonchev–Trinajstić information content (AvgIpc) is 3.17. The van der Waals surface area contributed by atoms with Crippen molar-refractivity contribution in [2.75, 3.05) is 32.7 Å². The molecule has 1 fully saturated rings. The summed E-state index contributed by atoms with van der Waals surface area (Å²) >= 11 is 1.77. The molecule has 2 atom stereocenters. The maximum Gasteiger partial charge on any atom is 0.251 e. The van der Waals surface area contributed by atoms with Crippen LogP contribution in [-0.4, -0.2) is 59.5 Å². The number of rotatable bonds is 6. The highest BCUT2D eigenvalue weighted by atomic mass is 32.1. The lowest BCUT2D eigenvalue weighted by Gasteiger charge is -2.41. The predicted octanol–water partition coefficient (Wildman–Crippen LogP) is 2.64. The van der Waals surface area contributed by atoms with Gasteiger partial charge in [-0.15, -0.1) is 11.3 Å². The van der Waals surface area contributed by atoms with Gasteiger partial charge in [0.15, 0.2) is 0 Å². The lowest BCUT2D eigenvalue weighted by atomic mass is 10.0. The third kappa shape index (κ3) is 4.45. The molecule has 3 heterocycles. The predicted molar refractivity (Wildman–Crippen MR) is 102 cm³/mol. The second-order valence-electron chi connectivity index (χ2n) is 6.43. The first kappa shape index (κ1) is 18.0. The van der Waals surface area contributed by atoms with Crippen molar-refractivity contribution in [2.45, 2.75) is 25.9 Å². The summed E-state index contributed by atoms with van der Waals surface area (Å²) in [4.78, 5) is 22.8. The quantitative estimate of drug-likeness (QED) is 0.862. The summed E-state index contributed by atoms with van der Waals surface area (Å²) in [6.45, 7) is 9.66. The molecule has 0 unspecified atom stereocenters. The fourth-order valence-electron chi connectivity index (χ4n) is 3.43. The molecule has 0 aliphatic carbocycles. The van der Waals surface area contributed by atoms with E-state index in [1.165, 1.54) is 4.88 Å². The molecule has 2 aromatic rings. The number of amides is 1. The molecule has 1 saturated heterocycles. The van der Waals surface area contributed by atoms with E-state index in [1.807, 2.05) is 0 Å². The zero-order valence-corrected chi connectivity index (χ0v) is 15.7. The molecule has 6 heteroatoms. The molecule has 1 aliphatic heterocycles. The van der Waals surface area contributed by atoms with Crippen molar-refractivity contribution < 1.29 is 4.79 Å². The van der Waals surface area contributed by atoms with Crippen LogP contribution in [-0.2, 0) is 0 Å². The highest BCUT2D eigenvalue weighted by Crippen LogP contribution is 2.29. The Morgan fingerprint density at radius 1 is 1.24 bits per heavy atom. The molecule has 1 N–H and O–H groups in total. The van der Waals surface area contributed by atoms with Gasteiger partial charge in [0.1, 0.15) is 0 Å². The number of nitrogens with one attached hydrogen (secondary N) is 1. The summed E-state index contributed by atoms with van der Waals surface area (Å²) in [5, 5.41) is 5.30. The zero-order chi connectivity index (χ0) is 17.6. The molecule has 0 aromatic carbocycles. The van der Waals surface area contributed by atoms with E-state index in [9.17, 15) is 4.79 Å². The Morgan fingerprint density at radius 2 is 1.96 bits per heavy atom. The van der Waals surface area contributed by atoms with E-state index in [2.05, 4.69) is 51.5 Å². The van der Waals surface area contributed by atoms with Crippen LogP contribution in [0.5, 0.6) is 0 Å². The third-order valence-corrected chi connectivity index (χ3v) is 5.80. The van der Waals surface area contributed by atoms with Crippen LogP contribution in [0.4, 0.5) is 0 Å². The second kappa shape index (κ2) is 8.56. The summed E-state index contributed by atoms with van der Waals surface area (Å²) in [5.41, 5.74) is 0.655. The van der Waals surface area contributed by atoms with Crippen molar-refractivity contribution in [2.24, 2.45) is 0 Å². The Kier molecular flexibility index (Phi) is 6.18. The van der Waals surface area contributed by atoms with Gasteiger partial charge in [-0.3, -0.25) is 14.7 Å². The largest absolute Gasteiger partial charge is 0.348 e. The maximum atomic E-state index is 12.5. The summed E-state index contributed by atoms with van der Waals surface area (Å²) < 4.78 is 0. The van der Waals surface area contributed by atoms with Gasteiger partial charge in [0, 0.05) is 55.1 Å². The standard InChI is InChI=1S/C19H26N4OS/c1-3-22-10-12-23(13-11-22)18(17-5-4-14-25-17)15(2)21-19(24)16-6-8-20-9-7-16/h4-9,14-15,18H,3,10-13H2,1-2H3,(H,21,24)/t15-,18+/m1/s1. The Morgan fingerprint density at radius 3 is 2.56 bits per heavy atom. The number of aromatic nitrogens is 1. The number of thiophene rings is 1. The Balaban J connectivity index is 1.72. The lowest BCUT2D eigenvalue weighted by Crippen LogP contribution is -2.52. The third-order valence-electron chi connectivity index (χ3n) is 4.86. The van der Waals surface area contributed by atoms with Gasteiger partial charge in [0.25, 0.3) is 5.91 Å². The number of hydrogen-bond acceptors (Lipinski definition) is 5. The van der Waals surface area contributed by atoms with E-state index >= 15 is 0 Å². The summed E-state index contributed by atoms with van der Waals surface area (Å²) in [7, 11) is 0. The Labute approximate surface area is 153 Å². The first-order valence-electron chi connectivity index (χ1n) is 8.89.